The highest BCUT2D eigenvalue weighted by Gasteiger charge is 2.36. The van der Waals surface area contributed by atoms with Crippen LogP contribution in [0.25, 0.3) is 0 Å². The fraction of sp³-hybridized carbons (Fsp3) is 0.367. The lowest BCUT2D eigenvalue weighted by Gasteiger charge is -2.38. The molecule has 1 atom stereocenters. The molecule has 190 valence electrons. The highest BCUT2D eigenvalue weighted by atomic mass is 16.5. The first-order valence-electron chi connectivity index (χ1n) is 12.5. The molecule has 3 aromatic carbocycles. The van der Waals surface area contributed by atoms with Crippen LogP contribution < -0.4 is 23.8 Å². The molecular weight excluding hydrogens is 454 g/mol. The van der Waals surface area contributed by atoms with Crippen molar-refractivity contribution in [1.29, 1.82) is 0 Å². The number of anilines is 1. The Kier molecular flexibility index (Phi) is 7.73. The molecule has 0 aliphatic carbocycles. The van der Waals surface area contributed by atoms with Gasteiger partial charge < -0.3 is 23.8 Å². The third-order valence-electron chi connectivity index (χ3n) is 6.53. The predicted molar refractivity (Wildman–Crippen MR) is 142 cm³/mol. The lowest BCUT2D eigenvalue weighted by molar-refractivity contribution is -0.118. The van der Waals surface area contributed by atoms with Gasteiger partial charge in [0.1, 0.15) is 0 Å². The highest BCUT2D eigenvalue weighted by molar-refractivity contribution is 5.98. The van der Waals surface area contributed by atoms with Crippen LogP contribution in [0, 0.1) is 0 Å². The molecule has 1 aliphatic rings. The molecule has 0 bridgehead atoms. The molecule has 4 rings (SSSR count). The quantitative estimate of drug-likeness (QED) is 0.353. The molecule has 1 aliphatic heterocycles. The SMILES string of the molecule is CCOc1cc2c(cc1OCC)[C@H](c1ccc(OC)c(OC)c1)N(c1ccc(C(C)C)cc1)C(=O)C2. The van der Waals surface area contributed by atoms with Gasteiger partial charge in [0.15, 0.2) is 23.0 Å². The van der Waals surface area contributed by atoms with E-state index in [-0.39, 0.29) is 18.4 Å². The van der Waals surface area contributed by atoms with Crippen molar-refractivity contribution >= 4 is 11.6 Å². The van der Waals surface area contributed by atoms with Crippen LogP contribution in [0.3, 0.4) is 0 Å². The van der Waals surface area contributed by atoms with Crippen LogP contribution in [0.5, 0.6) is 23.0 Å². The second kappa shape index (κ2) is 10.9. The standard InChI is InChI=1S/C30H35NO5/c1-7-35-27-16-22-17-29(32)31(23-12-9-20(10-13-23)19(3)4)30(24(22)18-28(27)36-8-2)21-11-14-25(33-5)26(15-21)34-6/h9-16,18-19,30H,7-8,17H2,1-6H3/t30-/m0/s1. The van der Waals surface area contributed by atoms with Gasteiger partial charge in [-0.05, 0) is 78.4 Å². The van der Waals surface area contributed by atoms with E-state index in [0.717, 1.165) is 22.4 Å². The van der Waals surface area contributed by atoms with Crippen molar-refractivity contribution in [2.75, 3.05) is 32.3 Å². The molecule has 1 amide bonds. The largest absolute Gasteiger partial charge is 0.493 e. The molecule has 6 heteroatoms. The first-order valence-corrected chi connectivity index (χ1v) is 12.5. The van der Waals surface area contributed by atoms with E-state index in [2.05, 4.69) is 26.0 Å². The number of hydrogen-bond acceptors (Lipinski definition) is 5. The summed E-state index contributed by atoms with van der Waals surface area (Å²) in [5, 5.41) is 0. The summed E-state index contributed by atoms with van der Waals surface area (Å²) < 4.78 is 22.9. The van der Waals surface area contributed by atoms with Gasteiger partial charge in [-0.2, -0.15) is 0 Å². The lowest BCUT2D eigenvalue weighted by atomic mass is 9.86. The molecule has 0 N–H and O–H groups in total. The van der Waals surface area contributed by atoms with E-state index in [0.29, 0.717) is 42.1 Å². The number of benzene rings is 3. The van der Waals surface area contributed by atoms with Crippen molar-refractivity contribution in [3.8, 4) is 23.0 Å². The van der Waals surface area contributed by atoms with Gasteiger partial charge in [0.05, 0.1) is 39.9 Å². The van der Waals surface area contributed by atoms with Crippen molar-refractivity contribution in [3.05, 3.63) is 76.9 Å². The van der Waals surface area contributed by atoms with E-state index in [1.807, 2.05) is 61.2 Å². The average Bonchev–Trinajstić information content (AvgIpc) is 2.88. The second-order valence-corrected chi connectivity index (χ2v) is 9.07. The number of rotatable bonds is 9. The minimum Gasteiger partial charge on any atom is -0.493 e. The minimum atomic E-state index is -0.374. The Balaban J connectivity index is 1.92. The van der Waals surface area contributed by atoms with Crippen LogP contribution in [-0.4, -0.2) is 33.3 Å². The number of carbonyl (C=O) groups excluding carboxylic acids is 1. The van der Waals surface area contributed by atoms with Gasteiger partial charge in [0, 0.05) is 5.69 Å². The molecule has 0 saturated carbocycles. The van der Waals surface area contributed by atoms with E-state index in [1.165, 1.54) is 5.56 Å². The molecule has 1 heterocycles. The number of fused-ring (bicyclic) bond motifs is 1. The van der Waals surface area contributed by atoms with Crippen LogP contribution in [-0.2, 0) is 11.2 Å². The van der Waals surface area contributed by atoms with Crippen LogP contribution >= 0.6 is 0 Å². The van der Waals surface area contributed by atoms with Crippen molar-refractivity contribution in [1.82, 2.24) is 0 Å². The van der Waals surface area contributed by atoms with Gasteiger partial charge in [0.25, 0.3) is 0 Å². The summed E-state index contributed by atoms with van der Waals surface area (Å²) in [5.74, 6) is 3.01. The molecule has 3 aromatic rings. The smallest absolute Gasteiger partial charge is 0.232 e. The van der Waals surface area contributed by atoms with Gasteiger partial charge in [-0.1, -0.05) is 32.0 Å². The zero-order valence-corrected chi connectivity index (χ0v) is 22.0. The van der Waals surface area contributed by atoms with E-state index in [9.17, 15) is 4.79 Å². The molecule has 36 heavy (non-hydrogen) atoms. The topological polar surface area (TPSA) is 57.2 Å². The Morgan fingerprint density at radius 3 is 2.06 bits per heavy atom. The maximum absolute atomic E-state index is 13.7. The number of ether oxygens (including phenoxy) is 4. The zero-order valence-electron chi connectivity index (χ0n) is 22.0. The van der Waals surface area contributed by atoms with Gasteiger partial charge in [-0.3, -0.25) is 4.79 Å². The maximum atomic E-state index is 13.7. The Labute approximate surface area is 213 Å². The molecule has 0 unspecified atom stereocenters. The van der Waals surface area contributed by atoms with Crippen molar-refractivity contribution in [2.24, 2.45) is 0 Å². The number of nitrogens with zero attached hydrogens (tertiary/aromatic N) is 1. The monoisotopic (exact) mass is 489 g/mol. The second-order valence-electron chi connectivity index (χ2n) is 9.07. The number of methoxy groups -OCH3 is 2. The molecule has 0 saturated heterocycles. The van der Waals surface area contributed by atoms with Crippen LogP contribution in [0.15, 0.2) is 54.6 Å². The lowest BCUT2D eigenvalue weighted by Crippen LogP contribution is -2.41. The first kappa shape index (κ1) is 25.4. The molecule has 0 fully saturated rings. The summed E-state index contributed by atoms with van der Waals surface area (Å²) in [6, 6.07) is 17.7. The summed E-state index contributed by atoms with van der Waals surface area (Å²) in [7, 11) is 3.23. The Morgan fingerprint density at radius 2 is 1.47 bits per heavy atom. The third-order valence-corrected chi connectivity index (χ3v) is 6.53. The van der Waals surface area contributed by atoms with Crippen LogP contribution in [0.1, 0.15) is 61.9 Å². The minimum absolute atomic E-state index is 0.0196. The predicted octanol–water partition coefficient (Wildman–Crippen LogP) is 6.30. The first-order chi connectivity index (χ1) is 17.4. The summed E-state index contributed by atoms with van der Waals surface area (Å²) in [4.78, 5) is 15.6. The van der Waals surface area contributed by atoms with Crippen LogP contribution in [0.2, 0.25) is 0 Å². The van der Waals surface area contributed by atoms with Crippen molar-refractivity contribution < 1.29 is 23.7 Å². The van der Waals surface area contributed by atoms with Crippen molar-refractivity contribution in [2.45, 2.75) is 46.1 Å². The summed E-state index contributed by atoms with van der Waals surface area (Å²) in [6.07, 6.45) is 0.275. The number of carbonyl (C=O) groups is 1. The zero-order chi connectivity index (χ0) is 25.8. The fourth-order valence-corrected chi connectivity index (χ4v) is 4.76. The summed E-state index contributed by atoms with van der Waals surface area (Å²) in [5.41, 5.74) is 4.93. The summed E-state index contributed by atoms with van der Waals surface area (Å²) in [6.45, 7) is 9.24. The maximum Gasteiger partial charge on any atom is 0.232 e. The van der Waals surface area contributed by atoms with E-state index < -0.39 is 0 Å². The average molecular weight is 490 g/mol. The Morgan fingerprint density at radius 1 is 0.833 bits per heavy atom. The Hall–Kier alpha value is -3.67. The molecule has 0 spiro atoms. The van der Waals surface area contributed by atoms with Crippen LogP contribution in [0.4, 0.5) is 5.69 Å². The van der Waals surface area contributed by atoms with Gasteiger partial charge in [-0.15, -0.1) is 0 Å². The number of amides is 1. The molecule has 0 aromatic heterocycles. The van der Waals surface area contributed by atoms with Gasteiger partial charge in [0.2, 0.25) is 5.91 Å². The molecule has 6 nitrogen and oxygen atoms in total. The normalized spacial score (nSPS) is 15.0. The molecule has 0 radical (unpaired) electrons. The van der Waals surface area contributed by atoms with Gasteiger partial charge >= 0.3 is 0 Å². The van der Waals surface area contributed by atoms with Crippen molar-refractivity contribution in [3.63, 3.8) is 0 Å². The Bertz CT molecular complexity index is 1220. The van der Waals surface area contributed by atoms with E-state index in [4.69, 9.17) is 18.9 Å². The van der Waals surface area contributed by atoms with Gasteiger partial charge in [-0.25, -0.2) is 0 Å². The molecular formula is C30H35NO5. The number of hydrogen-bond donors (Lipinski definition) is 0. The highest BCUT2D eigenvalue weighted by Crippen LogP contribution is 2.45. The summed E-state index contributed by atoms with van der Waals surface area (Å²) >= 11 is 0. The van der Waals surface area contributed by atoms with E-state index >= 15 is 0 Å². The third kappa shape index (κ3) is 4.85. The van der Waals surface area contributed by atoms with E-state index in [1.54, 1.807) is 14.2 Å². The fourth-order valence-electron chi connectivity index (χ4n) is 4.76.